The summed E-state index contributed by atoms with van der Waals surface area (Å²) in [6.07, 6.45) is 4.18. The number of fused-ring (bicyclic) bond motifs is 1. The van der Waals surface area contributed by atoms with Gasteiger partial charge in [0.05, 0.1) is 12.2 Å². The van der Waals surface area contributed by atoms with E-state index in [0.29, 0.717) is 12.2 Å². The van der Waals surface area contributed by atoms with Gasteiger partial charge in [0.1, 0.15) is 0 Å². The van der Waals surface area contributed by atoms with Crippen LogP contribution in [-0.2, 0) is 4.74 Å². The van der Waals surface area contributed by atoms with E-state index in [4.69, 9.17) is 4.74 Å². The topological polar surface area (TPSA) is 15.8 Å². The summed E-state index contributed by atoms with van der Waals surface area (Å²) in [5.41, 5.74) is 0. The minimum Gasteiger partial charge on any atom is -0.367 e. The maximum atomic E-state index is 5.32. The van der Waals surface area contributed by atoms with Crippen molar-refractivity contribution in [1.82, 2.24) is 4.90 Å². The summed E-state index contributed by atoms with van der Waals surface area (Å²) in [4.78, 5) is 2.58. The molecule has 3 rings (SSSR count). The predicted octanol–water partition coefficient (Wildman–Crippen LogP) is 0.232. The first kappa shape index (κ1) is 4.69. The van der Waals surface area contributed by atoms with Gasteiger partial charge in [0.25, 0.3) is 0 Å². The van der Waals surface area contributed by atoms with Gasteiger partial charge in [0, 0.05) is 19.1 Å². The average Bonchev–Trinajstić information content (AvgIpc) is 2.72. The van der Waals surface area contributed by atoms with Crippen LogP contribution in [0.4, 0.5) is 0 Å². The summed E-state index contributed by atoms with van der Waals surface area (Å²) in [7, 11) is 0. The quantitative estimate of drug-likeness (QED) is 0.466. The van der Waals surface area contributed by atoms with Crippen molar-refractivity contribution >= 4 is 0 Å². The van der Waals surface area contributed by atoms with Gasteiger partial charge in [-0.05, 0) is 12.8 Å². The smallest absolute Gasteiger partial charge is 0.0981 e. The summed E-state index contributed by atoms with van der Waals surface area (Å²) >= 11 is 0. The highest BCUT2D eigenvalue weighted by atomic mass is 16.6. The molecule has 9 heavy (non-hydrogen) atoms. The Morgan fingerprint density at radius 2 is 1.78 bits per heavy atom. The van der Waals surface area contributed by atoms with E-state index >= 15 is 0 Å². The van der Waals surface area contributed by atoms with E-state index < -0.39 is 0 Å². The van der Waals surface area contributed by atoms with Crippen LogP contribution in [0.25, 0.3) is 0 Å². The number of likely N-dealkylation sites (tertiary alicyclic amines) is 1. The lowest BCUT2D eigenvalue weighted by Gasteiger charge is -2.14. The summed E-state index contributed by atoms with van der Waals surface area (Å²) in [6, 6.07) is 0.960. The lowest BCUT2D eigenvalue weighted by atomic mass is 10.4. The van der Waals surface area contributed by atoms with Crippen LogP contribution in [0.2, 0.25) is 0 Å². The number of nitrogens with zero attached hydrogens (tertiary/aromatic N) is 1. The van der Waals surface area contributed by atoms with Crippen LogP contribution < -0.4 is 0 Å². The van der Waals surface area contributed by atoms with Crippen LogP contribution in [-0.4, -0.2) is 36.2 Å². The summed E-state index contributed by atoms with van der Waals surface area (Å²) in [5, 5.41) is 0. The number of morpholine rings is 1. The predicted molar refractivity (Wildman–Crippen MR) is 33.3 cm³/mol. The normalized spacial score (nSPS) is 49.3. The fourth-order valence-corrected chi connectivity index (χ4v) is 1.77. The number of epoxide rings is 1. The van der Waals surface area contributed by atoms with E-state index in [-0.39, 0.29) is 0 Å². The Balaban J connectivity index is 1.69. The molecule has 2 nitrogen and oxygen atoms in total. The fraction of sp³-hybridized carbons (Fsp3) is 1.00. The van der Waals surface area contributed by atoms with Gasteiger partial charge in [0.15, 0.2) is 0 Å². The molecule has 0 radical (unpaired) electrons. The Bertz CT molecular complexity index is 134. The molecule has 0 bridgehead atoms. The lowest BCUT2D eigenvalue weighted by molar-refractivity contribution is 0.197. The summed E-state index contributed by atoms with van der Waals surface area (Å²) in [6.45, 7) is 2.46. The van der Waals surface area contributed by atoms with Gasteiger partial charge >= 0.3 is 0 Å². The molecule has 0 spiro atoms. The van der Waals surface area contributed by atoms with E-state index in [2.05, 4.69) is 4.90 Å². The monoisotopic (exact) mass is 125 g/mol. The van der Waals surface area contributed by atoms with Crippen molar-refractivity contribution in [2.24, 2.45) is 0 Å². The van der Waals surface area contributed by atoms with E-state index in [9.17, 15) is 0 Å². The molecule has 2 aliphatic heterocycles. The molecule has 1 aliphatic carbocycles. The molecule has 0 aromatic heterocycles. The zero-order chi connectivity index (χ0) is 5.84. The van der Waals surface area contributed by atoms with Gasteiger partial charge in [0.2, 0.25) is 0 Å². The molecular weight excluding hydrogens is 114 g/mol. The van der Waals surface area contributed by atoms with Gasteiger partial charge in [-0.2, -0.15) is 0 Å². The van der Waals surface area contributed by atoms with Crippen molar-refractivity contribution < 1.29 is 4.74 Å². The molecule has 50 valence electrons. The first-order valence-electron chi connectivity index (χ1n) is 3.83. The maximum Gasteiger partial charge on any atom is 0.0981 e. The molecule has 0 aromatic carbocycles. The number of hydrogen-bond donors (Lipinski definition) is 0. The van der Waals surface area contributed by atoms with E-state index in [1.807, 2.05) is 0 Å². The standard InChI is InChI=1S/C7H11NO/c1-2-5(1)8-3-6-7(4-8)9-6/h5-7H,1-4H2. The lowest BCUT2D eigenvalue weighted by Crippen LogP contribution is -2.26. The van der Waals surface area contributed by atoms with Crippen molar-refractivity contribution in [3.63, 3.8) is 0 Å². The second-order valence-electron chi connectivity index (χ2n) is 3.40. The van der Waals surface area contributed by atoms with E-state index in [1.165, 1.54) is 25.9 Å². The second kappa shape index (κ2) is 1.32. The molecule has 0 aromatic rings. The maximum absolute atomic E-state index is 5.32. The SMILES string of the molecule is C1CC1N1CC2OC2C1. The van der Waals surface area contributed by atoms with Crippen LogP contribution in [0.15, 0.2) is 0 Å². The second-order valence-corrected chi connectivity index (χ2v) is 3.40. The van der Waals surface area contributed by atoms with Crippen molar-refractivity contribution in [3.8, 4) is 0 Å². The number of ether oxygens (including phenoxy) is 1. The van der Waals surface area contributed by atoms with E-state index in [1.54, 1.807) is 0 Å². The zero-order valence-electron chi connectivity index (χ0n) is 5.42. The first-order valence-corrected chi connectivity index (χ1v) is 3.83. The number of rotatable bonds is 1. The van der Waals surface area contributed by atoms with Crippen LogP contribution in [0.1, 0.15) is 12.8 Å². The van der Waals surface area contributed by atoms with Gasteiger partial charge < -0.3 is 4.74 Å². The summed E-state index contributed by atoms with van der Waals surface area (Å²) in [5.74, 6) is 0. The number of hydrogen-bond acceptors (Lipinski definition) is 2. The highest BCUT2D eigenvalue weighted by Crippen LogP contribution is 2.37. The first-order chi connectivity index (χ1) is 4.43. The van der Waals surface area contributed by atoms with Crippen LogP contribution in [0, 0.1) is 0 Å². The fourth-order valence-electron chi connectivity index (χ4n) is 1.77. The highest BCUT2D eigenvalue weighted by Gasteiger charge is 2.50. The average molecular weight is 125 g/mol. The molecule has 2 atom stereocenters. The Hall–Kier alpha value is -0.0800. The molecule has 2 unspecified atom stereocenters. The van der Waals surface area contributed by atoms with Crippen molar-refractivity contribution in [2.45, 2.75) is 31.1 Å². The van der Waals surface area contributed by atoms with Crippen molar-refractivity contribution in [1.29, 1.82) is 0 Å². The Kier molecular flexibility index (Phi) is 0.691. The molecule has 3 fully saturated rings. The molecule has 2 heterocycles. The van der Waals surface area contributed by atoms with Crippen molar-refractivity contribution in [3.05, 3.63) is 0 Å². The molecule has 0 N–H and O–H groups in total. The Labute approximate surface area is 54.8 Å². The van der Waals surface area contributed by atoms with Gasteiger partial charge in [-0.25, -0.2) is 0 Å². The zero-order valence-corrected chi connectivity index (χ0v) is 5.42. The van der Waals surface area contributed by atoms with Crippen LogP contribution in [0.3, 0.4) is 0 Å². The van der Waals surface area contributed by atoms with E-state index in [0.717, 1.165) is 6.04 Å². The van der Waals surface area contributed by atoms with Crippen LogP contribution in [0.5, 0.6) is 0 Å². The Morgan fingerprint density at radius 3 is 2.33 bits per heavy atom. The third-order valence-corrected chi connectivity index (χ3v) is 2.58. The molecule has 0 amide bonds. The summed E-state index contributed by atoms with van der Waals surface area (Å²) < 4.78 is 5.32. The molecule has 2 heteroatoms. The third-order valence-electron chi connectivity index (χ3n) is 2.58. The molecule has 2 saturated heterocycles. The van der Waals surface area contributed by atoms with Gasteiger partial charge in [-0.15, -0.1) is 0 Å². The van der Waals surface area contributed by atoms with Crippen LogP contribution >= 0.6 is 0 Å². The molecule has 3 aliphatic rings. The Morgan fingerprint density at radius 1 is 1.11 bits per heavy atom. The van der Waals surface area contributed by atoms with Crippen molar-refractivity contribution in [2.75, 3.05) is 13.1 Å². The molecular formula is C7H11NO. The minimum absolute atomic E-state index is 0.644. The largest absolute Gasteiger partial charge is 0.367 e. The minimum atomic E-state index is 0.644. The van der Waals surface area contributed by atoms with Gasteiger partial charge in [-0.3, -0.25) is 4.90 Å². The van der Waals surface area contributed by atoms with Gasteiger partial charge in [-0.1, -0.05) is 0 Å². The highest BCUT2D eigenvalue weighted by molar-refractivity contribution is 5.01. The third kappa shape index (κ3) is 0.634. The molecule has 1 saturated carbocycles.